The molecule has 0 unspecified atom stereocenters. The Balaban J connectivity index is 2.06. The number of aryl methyl sites for hydroxylation is 1. The summed E-state index contributed by atoms with van der Waals surface area (Å²) in [5.74, 6) is -0.581. The lowest BCUT2D eigenvalue weighted by Crippen LogP contribution is -2.20. The topological polar surface area (TPSA) is 85.5 Å². The van der Waals surface area contributed by atoms with Gasteiger partial charge < -0.3 is 0 Å². The standard InChI is InChI=1S/C13H10ClFN4O3S/c1-18-13(20)12-5-9(6-19(12)7-16-18)23(21,22)17-11-3-2-8(15)4-10(11)14/h2-7,17H,1H3. The van der Waals surface area contributed by atoms with Crippen LogP contribution in [0.4, 0.5) is 10.1 Å². The molecule has 2 aromatic heterocycles. The molecule has 1 N–H and O–H groups in total. The molecular formula is C13H10ClFN4O3S. The molecule has 1 aromatic carbocycles. The predicted molar refractivity (Wildman–Crippen MR) is 82.7 cm³/mol. The summed E-state index contributed by atoms with van der Waals surface area (Å²) in [6.07, 6.45) is 2.57. The summed E-state index contributed by atoms with van der Waals surface area (Å²) in [7, 11) is -2.54. The Hall–Kier alpha value is -2.39. The van der Waals surface area contributed by atoms with Gasteiger partial charge in [0.25, 0.3) is 15.6 Å². The molecule has 3 rings (SSSR count). The summed E-state index contributed by atoms with van der Waals surface area (Å²) in [4.78, 5) is 11.8. The molecule has 7 nitrogen and oxygen atoms in total. The number of fused-ring (bicyclic) bond motifs is 1. The van der Waals surface area contributed by atoms with Crippen LogP contribution in [0.2, 0.25) is 5.02 Å². The number of rotatable bonds is 3. The summed E-state index contributed by atoms with van der Waals surface area (Å²) < 4.78 is 42.5. The molecule has 0 saturated carbocycles. The summed E-state index contributed by atoms with van der Waals surface area (Å²) in [6, 6.07) is 4.52. The van der Waals surface area contributed by atoms with E-state index >= 15 is 0 Å². The lowest BCUT2D eigenvalue weighted by atomic mass is 10.3. The molecule has 0 atom stereocenters. The van der Waals surface area contributed by atoms with Crippen molar-refractivity contribution in [3.8, 4) is 0 Å². The van der Waals surface area contributed by atoms with Crippen LogP contribution in [0.15, 0.2) is 46.5 Å². The predicted octanol–water partition coefficient (Wildman–Crippen LogP) is 1.63. The first-order valence-electron chi connectivity index (χ1n) is 6.30. The second kappa shape index (κ2) is 5.36. The van der Waals surface area contributed by atoms with Crippen LogP contribution < -0.4 is 10.3 Å². The zero-order valence-corrected chi connectivity index (χ0v) is 13.3. The van der Waals surface area contributed by atoms with E-state index in [0.717, 1.165) is 16.8 Å². The van der Waals surface area contributed by atoms with Crippen LogP contribution in [-0.4, -0.2) is 22.6 Å². The van der Waals surface area contributed by atoms with Gasteiger partial charge in [0.05, 0.1) is 10.7 Å². The van der Waals surface area contributed by atoms with E-state index in [0.29, 0.717) is 0 Å². The smallest absolute Gasteiger partial charge is 0.290 e. The molecule has 120 valence electrons. The quantitative estimate of drug-likeness (QED) is 0.772. The molecule has 0 fully saturated rings. The molecule has 10 heteroatoms. The Morgan fingerprint density at radius 1 is 1.30 bits per heavy atom. The number of benzene rings is 1. The SMILES string of the molecule is Cn1ncn2cc(S(=O)(=O)Nc3ccc(F)cc3Cl)cc2c1=O. The van der Waals surface area contributed by atoms with Gasteiger partial charge in [0.15, 0.2) is 0 Å². The van der Waals surface area contributed by atoms with Gasteiger partial charge in [-0.15, -0.1) is 0 Å². The van der Waals surface area contributed by atoms with Gasteiger partial charge in [-0.2, -0.15) is 5.10 Å². The molecule has 0 bridgehead atoms. The number of nitrogens with one attached hydrogen (secondary N) is 1. The van der Waals surface area contributed by atoms with E-state index in [4.69, 9.17) is 11.6 Å². The zero-order valence-electron chi connectivity index (χ0n) is 11.7. The monoisotopic (exact) mass is 356 g/mol. The Bertz CT molecular complexity index is 1070. The maximum Gasteiger partial charge on any atom is 0.290 e. The van der Waals surface area contributed by atoms with Crippen molar-refractivity contribution < 1.29 is 12.8 Å². The number of hydrogen-bond donors (Lipinski definition) is 1. The average Bonchev–Trinajstić information content (AvgIpc) is 2.92. The summed E-state index contributed by atoms with van der Waals surface area (Å²) in [6.45, 7) is 0. The minimum Gasteiger partial charge on any atom is -0.300 e. The Morgan fingerprint density at radius 3 is 2.74 bits per heavy atom. The van der Waals surface area contributed by atoms with Gasteiger partial charge in [0, 0.05) is 13.2 Å². The molecule has 0 aliphatic heterocycles. The molecule has 0 aliphatic rings. The fourth-order valence-electron chi connectivity index (χ4n) is 2.00. The van der Waals surface area contributed by atoms with Crippen molar-refractivity contribution >= 4 is 32.8 Å². The minimum absolute atomic E-state index is 0.0364. The molecule has 0 amide bonds. The first-order valence-corrected chi connectivity index (χ1v) is 8.16. The first kappa shape index (κ1) is 15.5. The van der Waals surface area contributed by atoms with E-state index in [-0.39, 0.29) is 21.1 Å². The van der Waals surface area contributed by atoms with Crippen LogP contribution in [0.5, 0.6) is 0 Å². The summed E-state index contributed by atoms with van der Waals surface area (Å²) in [5, 5.41) is 3.73. The van der Waals surface area contributed by atoms with E-state index in [1.165, 1.54) is 36.1 Å². The van der Waals surface area contributed by atoms with Crippen molar-refractivity contribution in [2.45, 2.75) is 4.90 Å². The lowest BCUT2D eigenvalue weighted by Gasteiger charge is -2.08. The van der Waals surface area contributed by atoms with Crippen molar-refractivity contribution in [2.24, 2.45) is 7.05 Å². The van der Waals surface area contributed by atoms with Gasteiger partial charge in [0.2, 0.25) is 0 Å². The maximum atomic E-state index is 13.0. The molecule has 0 spiro atoms. The van der Waals surface area contributed by atoms with Crippen LogP contribution in [0.3, 0.4) is 0 Å². The first-order chi connectivity index (χ1) is 10.8. The third kappa shape index (κ3) is 2.80. The van der Waals surface area contributed by atoms with Gasteiger partial charge in [-0.3, -0.25) is 13.9 Å². The largest absolute Gasteiger partial charge is 0.300 e. The van der Waals surface area contributed by atoms with Crippen molar-refractivity contribution in [3.05, 3.63) is 58.0 Å². The van der Waals surface area contributed by atoms with Crippen molar-refractivity contribution in [3.63, 3.8) is 0 Å². The third-order valence-electron chi connectivity index (χ3n) is 3.17. The number of anilines is 1. The van der Waals surface area contributed by atoms with Crippen LogP contribution in [0.1, 0.15) is 0 Å². The van der Waals surface area contributed by atoms with Crippen molar-refractivity contribution in [1.29, 1.82) is 0 Å². The van der Waals surface area contributed by atoms with Gasteiger partial charge in [-0.25, -0.2) is 17.5 Å². The van der Waals surface area contributed by atoms with Crippen LogP contribution >= 0.6 is 11.6 Å². The lowest BCUT2D eigenvalue weighted by molar-refractivity contribution is 0.601. The van der Waals surface area contributed by atoms with Crippen LogP contribution in [-0.2, 0) is 17.1 Å². The minimum atomic E-state index is -3.99. The molecule has 0 saturated heterocycles. The third-order valence-corrected chi connectivity index (χ3v) is 4.82. The zero-order chi connectivity index (χ0) is 16.8. The second-order valence-electron chi connectivity index (χ2n) is 4.76. The molecule has 0 aliphatic carbocycles. The average molecular weight is 357 g/mol. The number of aromatic nitrogens is 3. The highest BCUT2D eigenvalue weighted by Gasteiger charge is 2.19. The number of nitrogens with zero attached hydrogens (tertiary/aromatic N) is 3. The fraction of sp³-hybridized carbons (Fsp3) is 0.0769. The maximum absolute atomic E-state index is 13.0. The fourth-order valence-corrected chi connectivity index (χ4v) is 3.37. The number of hydrogen-bond acceptors (Lipinski definition) is 4. The normalized spacial score (nSPS) is 11.8. The molecule has 2 heterocycles. The van der Waals surface area contributed by atoms with Gasteiger partial charge in [0.1, 0.15) is 22.6 Å². The van der Waals surface area contributed by atoms with Crippen LogP contribution in [0.25, 0.3) is 5.52 Å². The molecule has 3 aromatic rings. The van der Waals surface area contributed by atoms with E-state index in [1.807, 2.05) is 0 Å². The van der Waals surface area contributed by atoms with E-state index in [2.05, 4.69) is 9.82 Å². The molecule has 0 radical (unpaired) electrons. The Morgan fingerprint density at radius 2 is 2.04 bits per heavy atom. The van der Waals surface area contributed by atoms with E-state index < -0.39 is 21.4 Å². The molecule has 23 heavy (non-hydrogen) atoms. The van der Waals surface area contributed by atoms with Gasteiger partial charge in [-0.1, -0.05) is 11.6 Å². The second-order valence-corrected chi connectivity index (χ2v) is 6.85. The highest BCUT2D eigenvalue weighted by Crippen LogP contribution is 2.25. The summed E-state index contributed by atoms with van der Waals surface area (Å²) in [5.41, 5.74) is -0.240. The van der Waals surface area contributed by atoms with Crippen molar-refractivity contribution in [1.82, 2.24) is 14.2 Å². The summed E-state index contributed by atoms with van der Waals surface area (Å²) >= 11 is 5.81. The van der Waals surface area contributed by atoms with Gasteiger partial charge >= 0.3 is 0 Å². The Labute approximate surface area is 135 Å². The van der Waals surface area contributed by atoms with Crippen LogP contribution in [0, 0.1) is 5.82 Å². The van der Waals surface area contributed by atoms with Crippen molar-refractivity contribution in [2.75, 3.05) is 4.72 Å². The van der Waals surface area contributed by atoms with E-state index in [9.17, 15) is 17.6 Å². The highest BCUT2D eigenvalue weighted by atomic mass is 35.5. The number of sulfonamides is 1. The number of halogens is 2. The Kier molecular flexibility index (Phi) is 3.61. The molecular weight excluding hydrogens is 347 g/mol. The highest BCUT2D eigenvalue weighted by molar-refractivity contribution is 7.92. The van der Waals surface area contributed by atoms with E-state index in [1.54, 1.807) is 0 Å². The van der Waals surface area contributed by atoms with Gasteiger partial charge in [-0.05, 0) is 24.3 Å².